The van der Waals surface area contributed by atoms with Crippen molar-refractivity contribution < 1.29 is 27.5 Å². The molecule has 0 radical (unpaired) electrons. The second kappa shape index (κ2) is 8.28. The fraction of sp³-hybridized carbons (Fsp3) is 0.562. The van der Waals surface area contributed by atoms with Crippen LogP contribution in [0.4, 0.5) is 13.2 Å². The van der Waals surface area contributed by atoms with Crippen molar-refractivity contribution in [3.8, 4) is 0 Å². The van der Waals surface area contributed by atoms with Gasteiger partial charge in [0.15, 0.2) is 6.04 Å². The number of alkyl halides is 3. The molecule has 9 heteroatoms. The van der Waals surface area contributed by atoms with Crippen molar-refractivity contribution in [1.82, 2.24) is 15.2 Å². The lowest BCUT2D eigenvalue weighted by molar-refractivity contribution is -0.165. The van der Waals surface area contributed by atoms with E-state index in [1.807, 2.05) is 0 Å². The molecule has 2 heterocycles. The van der Waals surface area contributed by atoms with Gasteiger partial charge >= 0.3 is 6.18 Å². The van der Waals surface area contributed by atoms with Gasteiger partial charge < -0.3 is 15.0 Å². The van der Waals surface area contributed by atoms with Crippen LogP contribution in [-0.4, -0.2) is 54.7 Å². The maximum absolute atomic E-state index is 13.3. The number of aromatic nitrogens is 1. The lowest BCUT2D eigenvalue weighted by Crippen LogP contribution is -2.46. The highest BCUT2D eigenvalue weighted by Crippen LogP contribution is 2.33. The number of hydrogen-bond acceptors (Lipinski definition) is 4. The number of methoxy groups -OCH3 is 1. The average Bonchev–Trinajstić information content (AvgIpc) is 2.59. The molecule has 1 aliphatic heterocycles. The largest absolute Gasteiger partial charge is 0.412 e. The zero-order valence-electron chi connectivity index (χ0n) is 13.8. The second-order valence-electron chi connectivity index (χ2n) is 5.86. The number of amides is 2. The van der Waals surface area contributed by atoms with Crippen molar-refractivity contribution in [1.29, 1.82) is 0 Å². The molecule has 0 spiro atoms. The summed E-state index contributed by atoms with van der Waals surface area (Å²) in [6.45, 7) is 0.599. The van der Waals surface area contributed by atoms with E-state index in [1.54, 1.807) is 4.90 Å². The lowest BCUT2D eigenvalue weighted by Gasteiger charge is -2.32. The maximum Gasteiger partial charge on any atom is 0.412 e. The Balaban J connectivity index is 1.97. The van der Waals surface area contributed by atoms with Gasteiger partial charge in [0.1, 0.15) is 6.61 Å². The summed E-state index contributed by atoms with van der Waals surface area (Å²) in [6.07, 6.45) is -1.53. The molecule has 0 aliphatic carbocycles. The third-order valence-electron chi connectivity index (χ3n) is 4.12. The molecule has 2 amide bonds. The van der Waals surface area contributed by atoms with Crippen molar-refractivity contribution in [3.63, 3.8) is 0 Å². The monoisotopic (exact) mass is 359 g/mol. The van der Waals surface area contributed by atoms with Crippen LogP contribution in [0.5, 0.6) is 0 Å². The molecular weight excluding hydrogens is 339 g/mol. The molecule has 1 aromatic heterocycles. The summed E-state index contributed by atoms with van der Waals surface area (Å²) in [5.41, 5.74) is -0.115. The number of nitrogens with one attached hydrogen (secondary N) is 1. The number of piperidine rings is 1. The molecule has 1 unspecified atom stereocenters. The fourth-order valence-electron chi connectivity index (χ4n) is 2.77. The van der Waals surface area contributed by atoms with E-state index < -0.39 is 24.0 Å². The third-order valence-corrected chi connectivity index (χ3v) is 4.12. The van der Waals surface area contributed by atoms with Crippen molar-refractivity contribution in [2.75, 3.05) is 26.8 Å². The van der Waals surface area contributed by atoms with Crippen molar-refractivity contribution in [3.05, 3.63) is 30.1 Å². The van der Waals surface area contributed by atoms with E-state index in [1.165, 1.54) is 25.4 Å². The van der Waals surface area contributed by atoms with Crippen LogP contribution in [0.2, 0.25) is 0 Å². The number of rotatable bonds is 5. The zero-order chi connectivity index (χ0) is 18.4. The molecule has 6 nitrogen and oxygen atoms in total. The standard InChI is InChI=1S/C16H20F3N3O3/c1-25-10-13(23)22-7-4-11(5-8-22)15(24)21-14(16(17,18)19)12-3-2-6-20-9-12/h2-3,6,9,11,14H,4-5,7-8,10H2,1H3,(H,21,24). The van der Waals surface area contributed by atoms with E-state index in [0.29, 0.717) is 25.9 Å². The van der Waals surface area contributed by atoms with Crippen LogP contribution in [0.1, 0.15) is 24.4 Å². The van der Waals surface area contributed by atoms with Gasteiger partial charge in [-0.1, -0.05) is 6.07 Å². The number of ether oxygens (including phenoxy) is 1. The SMILES string of the molecule is COCC(=O)N1CCC(C(=O)NC(c2cccnc2)C(F)(F)F)CC1. The minimum atomic E-state index is -4.62. The van der Waals surface area contributed by atoms with Crippen LogP contribution in [0.25, 0.3) is 0 Å². The van der Waals surface area contributed by atoms with E-state index in [2.05, 4.69) is 10.3 Å². The van der Waals surface area contributed by atoms with Gasteiger partial charge in [-0.05, 0) is 18.9 Å². The van der Waals surface area contributed by atoms with Crippen LogP contribution >= 0.6 is 0 Å². The maximum atomic E-state index is 13.3. The Bertz CT molecular complexity index is 587. The molecule has 1 N–H and O–H groups in total. The molecule has 25 heavy (non-hydrogen) atoms. The van der Waals surface area contributed by atoms with Crippen LogP contribution in [0, 0.1) is 5.92 Å². The van der Waals surface area contributed by atoms with Gasteiger partial charge in [0.2, 0.25) is 11.8 Å². The Kier molecular flexibility index (Phi) is 6.35. The highest BCUT2D eigenvalue weighted by atomic mass is 19.4. The van der Waals surface area contributed by atoms with Crippen LogP contribution in [-0.2, 0) is 14.3 Å². The van der Waals surface area contributed by atoms with E-state index in [-0.39, 0.29) is 18.1 Å². The first-order valence-electron chi connectivity index (χ1n) is 7.86. The Morgan fingerprint density at radius 1 is 1.40 bits per heavy atom. The van der Waals surface area contributed by atoms with Crippen molar-refractivity contribution >= 4 is 11.8 Å². The molecule has 1 aliphatic rings. The van der Waals surface area contributed by atoms with Gasteiger partial charge in [-0.2, -0.15) is 13.2 Å². The van der Waals surface area contributed by atoms with Gasteiger partial charge in [-0.25, -0.2) is 0 Å². The normalized spacial score (nSPS) is 17.2. The Labute approximate surface area is 143 Å². The smallest absolute Gasteiger partial charge is 0.375 e. The number of carbonyl (C=O) groups excluding carboxylic acids is 2. The van der Waals surface area contributed by atoms with Gasteiger partial charge in [0.05, 0.1) is 0 Å². The summed E-state index contributed by atoms with van der Waals surface area (Å²) in [5.74, 6) is -1.41. The van der Waals surface area contributed by atoms with Crippen LogP contribution in [0.15, 0.2) is 24.5 Å². The Morgan fingerprint density at radius 3 is 2.60 bits per heavy atom. The highest BCUT2D eigenvalue weighted by Gasteiger charge is 2.43. The molecule has 2 rings (SSSR count). The molecule has 1 aromatic rings. The number of pyridine rings is 1. The molecule has 138 valence electrons. The zero-order valence-corrected chi connectivity index (χ0v) is 13.8. The van der Waals surface area contributed by atoms with Crippen LogP contribution in [0.3, 0.4) is 0 Å². The van der Waals surface area contributed by atoms with Gasteiger partial charge in [0, 0.05) is 44.1 Å². The summed E-state index contributed by atoms with van der Waals surface area (Å²) in [7, 11) is 1.41. The minimum absolute atomic E-state index is 0.0476. The number of nitrogens with zero attached hydrogens (tertiary/aromatic N) is 2. The fourth-order valence-corrected chi connectivity index (χ4v) is 2.77. The van der Waals surface area contributed by atoms with E-state index in [9.17, 15) is 22.8 Å². The van der Waals surface area contributed by atoms with Crippen molar-refractivity contribution in [2.45, 2.75) is 25.1 Å². The highest BCUT2D eigenvalue weighted by molar-refractivity contribution is 5.80. The first-order valence-corrected chi connectivity index (χ1v) is 7.86. The molecule has 0 aromatic carbocycles. The third kappa shape index (κ3) is 5.15. The predicted molar refractivity (Wildman–Crippen MR) is 82.4 cm³/mol. The topological polar surface area (TPSA) is 71.5 Å². The second-order valence-corrected chi connectivity index (χ2v) is 5.86. The van der Waals surface area contributed by atoms with E-state index in [4.69, 9.17) is 4.74 Å². The summed E-state index contributed by atoms with van der Waals surface area (Å²) in [6, 6.07) is 0.569. The Morgan fingerprint density at radius 2 is 2.08 bits per heavy atom. The first kappa shape index (κ1) is 19.2. The van der Waals surface area contributed by atoms with Crippen molar-refractivity contribution in [2.24, 2.45) is 5.92 Å². The van der Waals surface area contributed by atoms with E-state index in [0.717, 1.165) is 6.20 Å². The van der Waals surface area contributed by atoms with Gasteiger partial charge in [0.25, 0.3) is 0 Å². The average molecular weight is 359 g/mol. The summed E-state index contributed by atoms with van der Waals surface area (Å²) < 4.78 is 44.6. The number of likely N-dealkylation sites (tertiary alicyclic amines) is 1. The molecule has 1 fully saturated rings. The van der Waals surface area contributed by atoms with Gasteiger partial charge in [-0.3, -0.25) is 14.6 Å². The summed E-state index contributed by atoms with van der Waals surface area (Å²) in [4.78, 5) is 29.2. The molecular formula is C16H20F3N3O3. The number of hydrogen-bond donors (Lipinski definition) is 1. The molecule has 1 atom stereocenters. The van der Waals surface area contributed by atoms with E-state index >= 15 is 0 Å². The number of carbonyl (C=O) groups is 2. The molecule has 0 bridgehead atoms. The lowest BCUT2D eigenvalue weighted by atomic mass is 9.95. The molecule has 0 saturated carbocycles. The summed E-state index contributed by atoms with van der Waals surface area (Å²) >= 11 is 0. The summed E-state index contributed by atoms with van der Waals surface area (Å²) in [5, 5.41) is 2.08. The molecule has 1 saturated heterocycles. The predicted octanol–water partition coefficient (Wildman–Crippen LogP) is 1.69. The Hall–Kier alpha value is -2.16. The first-order chi connectivity index (χ1) is 11.8. The minimum Gasteiger partial charge on any atom is -0.375 e. The van der Waals surface area contributed by atoms with Crippen LogP contribution < -0.4 is 5.32 Å². The number of halogens is 3. The quantitative estimate of drug-likeness (QED) is 0.868. The van der Waals surface area contributed by atoms with Gasteiger partial charge in [-0.15, -0.1) is 0 Å².